The van der Waals surface area contributed by atoms with Crippen LogP contribution in [0.15, 0.2) is 30.3 Å². The molecule has 130 valence electrons. The molecule has 24 heavy (non-hydrogen) atoms. The monoisotopic (exact) mass is 329 g/mol. The van der Waals surface area contributed by atoms with Gasteiger partial charge in [-0.25, -0.2) is 0 Å². The van der Waals surface area contributed by atoms with Crippen LogP contribution in [0.4, 0.5) is 0 Å². The third-order valence-corrected chi connectivity index (χ3v) is 5.34. The molecule has 0 saturated carbocycles. The summed E-state index contributed by atoms with van der Waals surface area (Å²) in [6, 6.07) is 10.2. The normalized spacial score (nSPS) is 24.3. The van der Waals surface area contributed by atoms with Crippen molar-refractivity contribution in [2.45, 2.75) is 31.7 Å². The zero-order chi connectivity index (χ0) is 16.9. The Bertz CT molecular complexity index is 575. The summed E-state index contributed by atoms with van der Waals surface area (Å²) in [5.74, 6) is 0.534. The molecule has 0 bridgehead atoms. The highest BCUT2D eigenvalue weighted by molar-refractivity contribution is 5.85. The quantitative estimate of drug-likeness (QED) is 0.906. The number of carbonyl (C=O) groups excluding carboxylic acids is 2. The van der Waals surface area contributed by atoms with E-state index < -0.39 is 0 Å². The smallest absolute Gasteiger partial charge is 0.241 e. The van der Waals surface area contributed by atoms with Gasteiger partial charge in [-0.15, -0.1) is 0 Å². The minimum absolute atomic E-state index is 0.0445. The second-order valence-electron chi connectivity index (χ2n) is 7.02. The Hall–Kier alpha value is -1.88. The number of nitrogens with zero attached hydrogens (tertiary/aromatic N) is 2. The first kappa shape index (κ1) is 17.0. The van der Waals surface area contributed by atoms with Crippen molar-refractivity contribution in [1.82, 2.24) is 15.1 Å². The highest BCUT2D eigenvalue weighted by Gasteiger charge is 2.35. The number of amides is 2. The number of fused-ring (bicyclic) bond motifs is 1. The molecule has 0 aliphatic carbocycles. The molecule has 3 rings (SSSR count). The van der Waals surface area contributed by atoms with Crippen LogP contribution in [-0.4, -0.2) is 60.9 Å². The van der Waals surface area contributed by atoms with Gasteiger partial charge in [0.15, 0.2) is 0 Å². The molecule has 2 aliphatic heterocycles. The molecule has 2 saturated heterocycles. The standard InChI is InChI=1S/C19H27N3O2/c1-21-10-5-8-16-14-22(11-9-17(16)21)19(24)13-20-18(23)12-15-6-3-2-4-7-15/h2-4,6-7,16-17H,5,8-14H2,1H3,(H,20,23). The molecule has 0 spiro atoms. The largest absolute Gasteiger partial charge is 0.347 e. The van der Waals surface area contributed by atoms with Crippen LogP contribution in [0.1, 0.15) is 24.8 Å². The number of carbonyl (C=O) groups is 2. The van der Waals surface area contributed by atoms with Gasteiger partial charge in [-0.1, -0.05) is 30.3 Å². The van der Waals surface area contributed by atoms with Crippen molar-refractivity contribution in [3.63, 3.8) is 0 Å². The van der Waals surface area contributed by atoms with Gasteiger partial charge in [-0.2, -0.15) is 0 Å². The number of benzene rings is 1. The summed E-state index contributed by atoms with van der Waals surface area (Å²) in [4.78, 5) is 28.8. The molecule has 2 unspecified atom stereocenters. The maximum Gasteiger partial charge on any atom is 0.241 e. The first-order valence-electron chi connectivity index (χ1n) is 8.92. The van der Waals surface area contributed by atoms with E-state index >= 15 is 0 Å². The fourth-order valence-corrected chi connectivity index (χ4v) is 4.01. The number of likely N-dealkylation sites (tertiary alicyclic amines) is 2. The minimum atomic E-state index is -0.0955. The third-order valence-electron chi connectivity index (χ3n) is 5.34. The number of nitrogens with one attached hydrogen (secondary N) is 1. The molecule has 2 heterocycles. The van der Waals surface area contributed by atoms with Gasteiger partial charge < -0.3 is 15.1 Å². The summed E-state index contributed by atoms with van der Waals surface area (Å²) in [6.45, 7) is 2.92. The second-order valence-corrected chi connectivity index (χ2v) is 7.02. The summed E-state index contributed by atoms with van der Waals surface area (Å²) < 4.78 is 0. The second kappa shape index (κ2) is 7.79. The van der Waals surface area contributed by atoms with Crippen molar-refractivity contribution >= 4 is 11.8 Å². The van der Waals surface area contributed by atoms with E-state index in [-0.39, 0.29) is 18.4 Å². The van der Waals surface area contributed by atoms with E-state index in [2.05, 4.69) is 17.3 Å². The third kappa shape index (κ3) is 4.15. The molecule has 5 nitrogen and oxygen atoms in total. The molecule has 2 fully saturated rings. The van der Waals surface area contributed by atoms with Gasteiger partial charge in [0.05, 0.1) is 13.0 Å². The topological polar surface area (TPSA) is 52.6 Å². The molecule has 2 amide bonds. The first-order valence-corrected chi connectivity index (χ1v) is 8.92. The van der Waals surface area contributed by atoms with Crippen molar-refractivity contribution in [3.05, 3.63) is 35.9 Å². The van der Waals surface area contributed by atoms with Gasteiger partial charge in [0.2, 0.25) is 11.8 Å². The Morgan fingerprint density at radius 1 is 1.17 bits per heavy atom. The van der Waals surface area contributed by atoms with E-state index in [1.165, 1.54) is 19.4 Å². The summed E-state index contributed by atoms with van der Waals surface area (Å²) in [6.07, 6.45) is 3.79. The summed E-state index contributed by atoms with van der Waals surface area (Å²) in [5.41, 5.74) is 0.966. The van der Waals surface area contributed by atoms with E-state index in [1.54, 1.807) is 0 Å². The highest BCUT2D eigenvalue weighted by atomic mass is 16.2. The van der Waals surface area contributed by atoms with Crippen molar-refractivity contribution in [1.29, 1.82) is 0 Å². The molecule has 2 aliphatic rings. The molecule has 0 aromatic heterocycles. The molecule has 2 atom stereocenters. The Balaban J connectivity index is 1.44. The van der Waals surface area contributed by atoms with Crippen LogP contribution in [0.25, 0.3) is 0 Å². The van der Waals surface area contributed by atoms with E-state index in [9.17, 15) is 9.59 Å². The summed E-state index contributed by atoms with van der Waals surface area (Å²) in [7, 11) is 2.19. The van der Waals surface area contributed by atoms with E-state index in [4.69, 9.17) is 0 Å². The molecular weight excluding hydrogens is 302 g/mol. The highest BCUT2D eigenvalue weighted by Crippen LogP contribution is 2.29. The Morgan fingerprint density at radius 3 is 2.75 bits per heavy atom. The fourth-order valence-electron chi connectivity index (χ4n) is 4.01. The lowest BCUT2D eigenvalue weighted by Crippen LogP contribution is -2.55. The van der Waals surface area contributed by atoms with Gasteiger partial charge in [0.1, 0.15) is 0 Å². The van der Waals surface area contributed by atoms with Crippen LogP contribution in [-0.2, 0) is 16.0 Å². The molecule has 0 radical (unpaired) electrons. The van der Waals surface area contributed by atoms with Gasteiger partial charge in [0, 0.05) is 19.1 Å². The minimum Gasteiger partial charge on any atom is -0.347 e. The van der Waals surface area contributed by atoms with Gasteiger partial charge in [0.25, 0.3) is 0 Å². The van der Waals surface area contributed by atoms with Crippen LogP contribution in [0.5, 0.6) is 0 Å². The number of piperidine rings is 2. The zero-order valence-electron chi connectivity index (χ0n) is 14.4. The summed E-state index contributed by atoms with van der Waals surface area (Å²) in [5, 5.41) is 2.77. The maximum atomic E-state index is 12.4. The molecule has 5 heteroatoms. The van der Waals surface area contributed by atoms with Crippen molar-refractivity contribution in [2.75, 3.05) is 33.2 Å². The average Bonchev–Trinajstić information content (AvgIpc) is 2.60. The van der Waals surface area contributed by atoms with E-state index in [0.717, 1.165) is 25.1 Å². The van der Waals surface area contributed by atoms with E-state index in [0.29, 0.717) is 18.4 Å². The predicted molar refractivity (Wildman–Crippen MR) is 93.5 cm³/mol. The Labute approximate surface area is 144 Å². The maximum absolute atomic E-state index is 12.4. The lowest BCUT2D eigenvalue weighted by Gasteiger charge is -2.46. The number of rotatable bonds is 4. The van der Waals surface area contributed by atoms with Gasteiger partial charge >= 0.3 is 0 Å². The summed E-state index contributed by atoms with van der Waals surface area (Å²) >= 11 is 0. The first-order chi connectivity index (χ1) is 11.6. The Kier molecular flexibility index (Phi) is 5.51. The number of hydrogen-bond acceptors (Lipinski definition) is 3. The van der Waals surface area contributed by atoms with Crippen molar-refractivity contribution in [3.8, 4) is 0 Å². The fraction of sp³-hybridized carbons (Fsp3) is 0.579. The van der Waals surface area contributed by atoms with Crippen LogP contribution in [0, 0.1) is 5.92 Å². The molecule has 1 aromatic carbocycles. The number of hydrogen-bond donors (Lipinski definition) is 1. The average molecular weight is 329 g/mol. The predicted octanol–water partition coefficient (Wildman–Crippen LogP) is 1.29. The van der Waals surface area contributed by atoms with Gasteiger partial charge in [-0.3, -0.25) is 9.59 Å². The van der Waals surface area contributed by atoms with Crippen LogP contribution >= 0.6 is 0 Å². The Morgan fingerprint density at radius 2 is 1.96 bits per heavy atom. The van der Waals surface area contributed by atoms with Crippen molar-refractivity contribution < 1.29 is 9.59 Å². The van der Waals surface area contributed by atoms with Crippen LogP contribution in [0.2, 0.25) is 0 Å². The van der Waals surface area contributed by atoms with Gasteiger partial charge in [-0.05, 0) is 44.3 Å². The lowest BCUT2D eigenvalue weighted by molar-refractivity contribution is -0.135. The molecule has 1 aromatic rings. The van der Waals surface area contributed by atoms with Crippen LogP contribution < -0.4 is 5.32 Å². The van der Waals surface area contributed by atoms with E-state index in [1.807, 2.05) is 35.2 Å². The van der Waals surface area contributed by atoms with Crippen LogP contribution in [0.3, 0.4) is 0 Å². The molecule has 1 N–H and O–H groups in total. The van der Waals surface area contributed by atoms with Crippen molar-refractivity contribution in [2.24, 2.45) is 5.92 Å². The SMILES string of the molecule is CN1CCCC2CN(C(=O)CNC(=O)Cc3ccccc3)CCC21. The lowest BCUT2D eigenvalue weighted by atomic mass is 9.84. The molecular formula is C19H27N3O2. The zero-order valence-corrected chi connectivity index (χ0v) is 14.4.